The number of nitrogens with one attached hydrogen (secondary N) is 1. The van der Waals surface area contributed by atoms with Gasteiger partial charge >= 0.3 is 0 Å². The molecule has 0 aromatic carbocycles. The molecule has 0 saturated heterocycles. The van der Waals surface area contributed by atoms with Gasteiger partial charge in [-0.05, 0) is 18.5 Å². The zero-order chi connectivity index (χ0) is 10.7. The first kappa shape index (κ1) is 10.2. The van der Waals surface area contributed by atoms with Gasteiger partial charge in [0, 0.05) is 19.0 Å². The summed E-state index contributed by atoms with van der Waals surface area (Å²) < 4.78 is 5.70. The fourth-order valence-electron chi connectivity index (χ4n) is 1.29. The highest BCUT2D eigenvalue weighted by molar-refractivity contribution is 7.03. The van der Waals surface area contributed by atoms with Crippen LogP contribution in [0, 0.1) is 0 Å². The van der Waals surface area contributed by atoms with Crippen molar-refractivity contribution in [3.8, 4) is 0 Å². The van der Waals surface area contributed by atoms with Crippen molar-refractivity contribution in [2.45, 2.75) is 19.5 Å². The van der Waals surface area contributed by atoms with Gasteiger partial charge < -0.3 is 9.88 Å². The van der Waals surface area contributed by atoms with Crippen molar-refractivity contribution < 1.29 is 0 Å². The van der Waals surface area contributed by atoms with Crippen LogP contribution in [0.3, 0.4) is 0 Å². The van der Waals surface area contributed by atoms with Gasteiger partial charge in [0.05, 0.1) is 11.7 Å². The van der Waals surface area contributed by atoms with Crippen LogP contribution in [0.4, 0.5) is 0 Å². The molecule has 1 atom stereocenters. The van der Waals surface area contributed by atoms with Gasteiger partial charge in [-0.25, -0.2) is 0 Å². The van der Waals surface area contributed by atoms with E-state index in [0.717, 1.165) is 11.5 Å². The van der Waals surface area contributed by atoms with Gasteiger partial charge in [0.1, 0.15) is 12.2 Å². The Labute approximate surface area is 91.5 Å². The average Bonchev–Trinajstić information content (AvgIpc) is 2.84. The Hall–Kier alpha value is -1.34. The summed E-state index contributed by atoms with van der Waals surface area (Å²) in [5.41, 5.74) is 0.953. The molecule has 0 aliphatic heterocycles. The summed E-state index contributed by atoms with van der Waals surface area (Å²) in [6.45, 7) is 2.74. The lowest BCUT2D eigenvalue weighted by molar-refractivity contribution is 0.523. The zero-order valence-electron chi connectivity index (χ0n) is 8.58. The van der Waals surface area contributed by atoms with E-state index >= 15 is 0 Å². The average molecular weight is 224 g/mol. The highest BCUT2D eigenvalue weighted by Gasteiger charge is 2.10. The second-order valence-electron chi connectivity index (χ2n) is 3.30. The minimum Gasteiger partial charge on any atom is -0.319 e. The van der Waals surface area contributed by atoms with Gasteiger partial charge in [-0.2, -0.15) is 0 Å². The van der Waals surface area contributed by atoms with Crippen LogP contribution in [0.5, 0.6) is 0 Å². The molecule has 0 saturated carbocycles. The SMILES string of the molecule is CC(NCc1csnn1)c1nncn1C. The number of nitrogens with zero attached hydrogens (tertiary/aromatic N) is 5. The van der Waals surface area contributed by atoms with E-state index in [9.17, 15) is 0 Å². The number of aromatic nitrogens is 5. The molecule has 0 fully saturated rings. The topological polar surface area (TPSA) is 68.5 Å². The smallest absolute Gasteiger partial charge is 0.149 e. The molecule has 2 rings (SSSR count). The Kier molecular flexibility index (Phi) is 3.02. The van der Waals surface area contributed by atoms with Crippen molar-refractivity contribution in [3.05, 3.63) is 23.2 Å². The third-order valence-electron chi connectivity index (χ3n) is 2.13. The van der Waals surface area contributed by atoms with Gasteiger partial charge in [0.15, 0.2) is 0 Å². The summed E-state index contributed by atoms with van der Waals surface area (Å²) in [7, 11) is 1.93. The fraction of sp³-hybridized carbons (Fsp3) is 0.500. The van der Waals surface area contributed by atoms with E-state index in [0.29, 0.717) is 6.54 Å². The Bertz CT molecular complexity index is 408. The van der Waals surface area contributed by atoms with E-state index in [1.54, 1.807) is 6.33 Å². The summed E-state index contributed by atoms with van der Waals surface area (Å²) in [5, 5.41) is 17.1. The Morgan fingerprint density at radius 3 is 3.00 bits per heavy atom. The van der Waals surface area contributed by atoms with Gasteiger partial charge in [-0.15, -0.1) is 15.3 Å². The molecule has 0 spiro atoms. The van der Waals surface area contributed by atoms with E-state index in [4.69, 9.17) is 0 Å². The van der Waals surface area contributed by atoms with Crippen molar-refractivity contribution in [2.75, 3.05) is 0 Å². The normalized spacial score (nSPS) is 12.9. The molecule has 80 valence electrons. The van der Waals surface area contributed by atoms with Gasteiger partial charge in [-0.3, -0.25) is 0 Å². The van der Waals surface area contributed by atoms with Crippen molar-refractivity contribution in [3.63, 3.8) is 0 Å². The summed E-state index contributed by atoms with van der Waals surface area (Å²) >= 11 is 1.36. The summed E-state index contributed by atoms with van der Waals surface area (Å²) in [5.74, 6) is 0.915. The Balaban J connectivity index is 1.93. The molecule has 0 aliphatic carbocycles. The van der Waals surface area contributed by atoms with Crippen molar-refractivity contribution in [2.24, 2.45) is 7.05 Å². The lowest BCUT2D eigenvalue weighted by atomic mass is 10.3. The molecule has 15 heavy (non-hydrogen) atoms. The van der Waals surface area contributed by atoms with Crippen molar-refractivity contribution >= 4 is 11.5 Å². The second-order valence-corrected chi connectivity index (χ2v) is 3.91. The van der Waals surface area contributed by atoms with E-state index in [-0.39, 0.29) is 6.04 Å². The molecular weight excluding hydrogens is 212 g/mol. The van der Waals surface area contributed by atoms with Gasteiger partial charge in [0.25, 0.3) is 0 Å². The number of hydrogen-bond donors (Lipinski definition) is 1. The summed E-state index contributed by atoms with van der Waals surface area (Å²) in [6.07, 6.45) is 1.69. The predicted octanol–water partition coefficient (Wildman–Crippen LogP) is 0.517. The lowest BCUT2D eigenvalue weighted by Crippen LogP contribution is -2.21. The molecule has 7 heteroatoms. The molecule has 0 bridgehead atoms. The molecule has 0 radical (unpaired) electrons. The van der Waals surface area contributed by atoms with Crippen molar-refractivity contribution in [1.82, 2.24) is 29.7 Å². The Morgan fingerprint density at radius 1 is 1.53 bits per heavy atom. The highest BCUT2D eigenvalue weighted by Crippen LogP contribution is 2.08. The second kappa shape index (κ2) is 4.45. The first-order valence-electron chi connectivity index (χ1n) is 4.60. The van der Waals surface area contributed by atoms with Crippen LogP contribution in [0.1, 0.15) is 24.5 Å². The molecule has 2 aromatic heterocycles. The van der Waals surface area contributed by atoms with Gasteiger partial charge in [0.2, 0.25) is 0 Å². The standard InChI is InChI=1S/C8H12N6S/c1-6(8-12-10-5-14(8)2)9-3-7-4-15-13-11-7/h4-6,9H,3H2,1-2H3. The quantitative estimate of drug-likeness (QED) is 0.820. The third kappa shape index (κ3) is 2.37. The molecular formula is C8H12N6S. The molecule has 1 unspecified atom stereocenters. The first-order valence-corrected chi connectivity index (χ1v) is 5.44. The maximum atomic E-state index is 4.03. The Morgan fingerprint density at radius 2 is 2.40 bits per heavy atom. The van der Waals surface area contributed by atoms with E-state index in [1.807, 2.05) is 23.9 Å². The molecule has 1 N–H and O–H groups in total. The van der Waals surface area contributed by atoms with Crippen LogP contribution in [-0.4, -0.2) is 24.4 Å². The lowest BCUT2D eigenvalue weighted by Gasteiger charge is -2.11. The largest absolute Gasteiger partial charge is 0.319 e. The molecule has 2 heterocycles. The van der Waals surface area contributed by atoms with Crippen LogP contribution in [0.2, 0.25) is 0 Å². The molecule has 2 aromatic rings. The maximum Gasteiger partial charge on any atom is 0.149 e. The van der Waals surface area contributed by atoms with Crippen LogP contribution < -0.4 is 5.32 Å². The van der Waals surface area contributed by atoms with Crippen LogP contribution >= 0.6 is 11.5 Å². The van der Waals surface area contributed by atoms with E-state index < -0.39 is 0 Å². The van der Waals surface area contributed by atoms with Crippen LogP contribution in [0.25, 0.3) is 0 Å². The third-order valence-corrected chi connectivity index (χ3v) is 2.68. The van der Waals surface area contributed by atoms with Crippen LogP contribution in [0.15, 0.2) is 11.7 Å². The highest BCUT2D eigenvalue weighted by atomic mass is 32.1. The fourth-order valence-corrected chi connectivity index (χ4v) is 1.75. The monoisotopic (exact) mass is 224 g/mol. The van der Waals surface area contributed by atoms with Crippen molar-refractivity contribution in [1.29, 1.82) is 0 Å². The minimum atomic E-state index is 0.152. The summed E-state index contributed by atoms with van der Waals surface area (Å²) in [4.78, 5) is 0. The first-order chi connectivity index (χ1) is 7.27. The molecule has 0 aliphatic rings. The number of rotatable bonds is 4. The number of hydrogen-bond acceptors (Lipinski definition) is 6. The van der Waals surface area contributed by atoms with E-state index in [1.165, 1.54) is 11.5 Å². The van der Waals surface area contributed by atoms with Crippen LogP contribution in [-0.2, 0) is 13.6 Å². The molecule has 6 nitrogen and oxygen atoms in total. The number of aryl methyl sites for hydroxylation is 1. The predicted molar refractivity (Wildman–Crippen MR) is 56.2 cm³/mol. The minimum absolute atomic E-state index is 0.152. The molecule has 0 amide bonds. The zero-order valence-corrected chi connectivity index (χ0v) is 9.40. The summed E-state index contributed by atoms with van der Waals surface area (Å²) in [6, 6.07) is 0.152. The maximum absolute atomic E-state index is 4.03. The van der Waals surface area contributed by atoms with Gasteiger partial charge in [-0.1, -0.05) is 4.49 Å². The van der Waals surface area contributed by atoms with E-state index in [2.05, 4.69) is 25.1 Å².